The highest BCUT2D eigenvalue weighted by atomic mass is 32.2. The van der Waals surface area contributed by atoms with Gasteiger partial charge >= 0.3 is 0 Å². The van der Waals surface area contributed by atoms with Crippen molar-refractivity contribution in [3.63, 3.8) is 0 Å². The third-order valence-electron chi connectivity index (χ3n) is 3.47. The van der Waals surface area contributed by atoms with Gasteiger partial charge in [-0.3, -0.25) is 4.72 Å². The number of amidine groups is 1. The minimum absolute atomic E-state index is 0.115. The zero-order valence-corrected chi connectivity index (χ0v) is 11.9. The van der Waals surface area contributed by atoms with Gasteiger partial charge in [0.15, 0.2) is 0 Å². The van der Waals surface area contributed by atoms with Crippen molar-refractivity contribution in [2.75, 3.05) is 4.72 Å². The molecular formula is C13H19N3O3S. The van der Waals surface area contributed by atoms with Crippen LogP contribution in [0.3, 0.4) is 0 Å². The Balaban J connectivity index is 2.03. The molecule has 1 aliphatic rings. The van der Waals surface area contributed by atoms with Gasteiger partial charge < -0.3 is 10.9 Å². The van der Waals surface area contributed by atoms with Crippen LogP contribution in [0, 0.1) is 0 Å². The maximum Gasteiger partial charge on any atom is 0.235 e. The summed E-state index contributed by atoms with van der Waals surface area (Å²) in [6, 6.07) is 6.88. The third-order valence-corrected chi connectivity index (χ3v) is 5.34. The maximum absolute atomic E-state index is 12.1. The first-order valence-corrected chi connectivity index (χ1v) is 8.13. The molecule has 6 nitrogen and oxygen atoms in total. The van der Waals surface area contributed by atoms with Crippen molar-refractivity contribution in [1.29, 1.82) is 0 Å². The van der Waals surface area contributed by atoms with Crippen molar-refractivity contribution in [3.8, 4) is 0 Å². The van der Waals surface area contributed by atoms with Crippen LogP contribution in [-0.4, -0.2) is 24.7 Å². The summed E-state index contributed by atoms with van der Waals surface area (Å²) >= 11 is 0. The first kappa shape index (κ1) is 14.6. The highest BCUT2D eigenvalue weighted by Gasteiger charge is 2.28. The van der Waals surface area contributed by atoms with Crippen LogP contribution in [0.4, 0.5) is 5.69 Å². The van der Waals surface area contributed by atoms with E-state index in [1.807, 2.05) is 0 Å². The summed E-state index contributed by atoms with van der Waals surface area (Å²) in [5, 5.41) is 11.1. The molecule has 0 radical (unpaired) electrons. The molecule has 0 heterocycles. The van der Waals surface area contributed by atoms with Gasteiger partial charge in [-0.1, -0.05) is 30.1 Å². The summed E-state index contributed by atoms with van der Waals surface area (Å²) in [6.07, 6.45) is 3.74. The molecule has 1 aliphatic carbocycles. The van der Waals surface area contributed by atoms with E-state index in [9.17, 15) is 8.42 Å². The van der Waals surface area contributed by atoms with E-state index >= 15 is 0 Å². The molecule has 4 N–H and O–H groups in total. The third kappa shape index (κ3) is 3.63. The van der Waals surface area contributed by atoms with Crippen LogP contribution >= 0.6 is 0 Å². The smallest absolute Gasteiger partial charge is 0.235 e. The Hall–Kier alpha value is -1.76. The SMILES string of the molecule is N/C(Cc1ccc(NS(=O)(=O)C2CCCC2)cc1)=N/O. The summed E-state index contributed by atoms with van der Waals surface area (Å²) < 4.78 is 26.9. The van der Waals surface area contributed by atoms with Gasteiger partial charge in [0.1, 0.15) is 5.84 Å². The largest absolute Gasteiger partial charge is 0.409 e. The molecule has 0 aromatic heterocycles. The van der Waals surface area contributed by atoms with Gasteiger partial charge in [-0.15, -0.1) is 0 Å². The molecule has 2 rings (SSSR count). The van der Waals surface area contributed by atoms with Crippen molar-refractivity contribution >= 4 is 21.5 Å². The van der Waals surface area contributed by atoms with E-state index in [1.165, 1.54) is 0 Å². The predicted octanol–water partition coefficient (Wildman–Crippen LogP) is 1.66. The fraction of sp³-hybridized carbons (Fsp3) is 0.462. The Labute approximate surface area is 118 Å². The van der Waals surface area contributed by atoms with Crippen LogP contribution in [0.5, 0.6) is 0 Å². The maximum atomic E-state index is 12.1. The standard InChI is InChI=1S/C13H19N3O3S/c14-13(15-17)9-10-5-7-11(8-6-10)16-20(18,19)12-3-1-2-4-12/h5-8,12,16-17H,1-4,9H2,(H2,14,15). The quantitative estimate of drug-likeness (QED) is 0.332. The zero-order valence-electron chi connectivity index (χ0n) is 11.1. The molecule has 1 aromatic carbocycles. The number of hydrogen-bond acceptors (Lipinski definition) is 4. The number of rotatable bonds is 5. The van der Waals surface area contributed by atoms with E-state index in [0.29, 0.717) is 12.1 Å². The molecule has 110 valence electrons. The lowest BCUT2D eigenvalue weighted by atomic mass is 10.1. The number of benzene rings is 1. The van der Waals surface area contributed by atoms with Gasteiger partial charge in [-0.25, -0.2) is 8.42 Å². The second-order valence-electron chi connectivity index (χ2n) is 5.02. The molecule has 1 saturated carbocycles. The van der Waals surface area contributed by atoms with E-state index in [4.69, 9.17) is 10.9 Å². The average Bonchev–Trinajstić information content (AvgIpc) is 2.95. The van der Waals surface area contributed by atoms with Crippen LogP contribution in [-0.2, 0) is 16.4 Å². The number of nitrogens with one attached hydrogen (secondary N) is 1. The normalized spacial score (nSPS) is 17.3. The van der Waals surface area contributed by atoms with Crippen LogP contribution in [0.1, 0.15) is 31.2 Å². The molecule has 1 aromatic rings. The molecule has 0 saturated heterocycles. The van der Waals surface area contributed by atoms with Gasteiger partial charge in [0.25, 0.3) is 0 Å². The summed E-state index contributed by atoms with van der Waals surface area (Å²) in [7, 11) is -3.29. The summed E-state index contributed by atoms with van der Waals surface area (Å²) in [5.74, 6) is 0.115. The van der Waals surface area contributed by atoms with Crippen LogP contribution in [0.15, 0.2) is 29.4 Å². The topological polar surface area (TPSA) is 105 Å². The van der Waals surface area contributed by atoms with Crippen molar-refractivity contribution in [2.24, 2.45) is 10.9 Å². The lowest BCUT2D eigenvalue weighted by Gasteiger charge is -2.13. The number of nitrogens with zero attached hydrogens (tertiary/aromatic N) is 1. The minimum Gasteiger partial charge on any atom is -0.409 e. The van der Waals surface area contributed by atoms with Crippen molar-refractivity contribution in [3.05, 3.63) is 29.8 Å². The van der Waals surface area contributed by atoms with E-state index in [-0.39, 0.29) is 11.1 Å². The molecule has 7 heteroatoms. The number of oxime groups is 1. The second kappa shape index (κ2) is 6.13. The lowest BCUT2D eigenvalue weighted by molar-refractivity contribution is 0.317. The molecule has 0 spiro atoms. The van der Waals surface area contributed by atoms with E-state index in [0.717, 1.165) is 31.2 Å². The fourth-order valence-electron chi connectivity index (χ4n) is 2.38. The van der Waals surface area contributed by atoms with Crippen molar-refractivity contribution < 1.29 is 13.6 Å². The Morgan fingerprint density at radius 3 is 2.45 bits per heavy atom. The van der Waals surface area contributed by atoms with Gasteiger partial charge in [0, 0.05) is 12.1 Å². The predicted molar refractivity (Wildman–Crippen MR) is 78.4 cm³/mol. The van der Waals surface area contributed by atoms with Gasteiger partial charge in [-0.2, -0.15) is 0 Å². The number of anilines is 1. The van der Waals surface area contributed by atoms with Gasteiger partial charge in [0.2, 0.25) is 10.0 Å². The molecule has 0 unspecified atom stereocenters. The van der Waals surface area contributed by atoms with Crippen LogP contribution in [0.25, 0.3) is 0 Å². The number of sulfonamides is 1. The number of nitrogens with two attached hydrogens (primary N) is 1. The van der Waals surface area contributed by atoms with Crippen molar-refractivity contribution in [1.82, 2.24) is 0 Å². The zero-order chi connectivity index (χ0) is 14.6. The summed E-state index contributed by atoms with van der Waals surface area (Å²) in [5.41, 5.74) is 6.81. The first-order valence-electron chi connectivity index (χ1n) is 6.58. The first-order chi connectivity index (χ1) is 9.51. The second-order valence-corrected chi connectivity index (χ2v) is 6.98. The fourth-order valence-corrected chi connectivity index (χ4v) is 3.97. The summed E-state index contributed by atoms with van der Waals surface area (Å²) in [6.45, 7) is 0. The van der Waals surface area contributed by atoms with Crippen molar-refractivity contribution in [2.45, 2.75) is 37.4 Å². The lowest BCUT2D eigenvalue weighted by Crippen LogP contribution is -2.25. The molecule has 0 amide bonds. The van der Waals surface area contributed by atoms with Gasteiger partial charge in [-0.05, 0) is 30.5 Å². The molecule has 0 atom stereocenters. The molecular weight excluding hydrogens is 278 g/mol. The van der Waals surface area contributed by atoms with E-state index < -0.39 is 10.0 Å². The molecule has 1 fully saturated rings. The Morgan fingerprint density at radius 1 is 1.30 bits per heavy atom. The minimum atomic E-state index is -3.29. The van der Waals surface area contributed by atoms with Gasteiger partial charge in [0.05, 0.1) is 5.25 Å². The van der Waals surface area contributed by atoms with E-state index in [2.05, 4.69) is 9.88 Å². The molecule has 0 aliphatic heterocycles. The molecule has 20 heavy (non-hydrogen) atoms. The number of hydrogen-bond donors (Lipinski definition) is 3. The highest BCUT2D eigenvalue weighted by Crippen LogP contribution is 2.26. The monoisotopic (exact) mass is 297 g/mol. The Kier molecular flexibility index (Phi) is 4.49. The Bertz CT molecular complexity index is 575. The average molecular weight is 297 g/mol. The van der Waals surface area contributed by atoms with E-state index in [1.54, 1.807) is 24.3 Å². The highest BCUT2D eigenvalue weighted by molar-refractivity contribution is 7.93. The summed E-state index contributed by atoms with van der Waals surface area (Å²) in [4.78, 5) is 0. The molecule has 0 bridgehead atoms. The Morgan fingerprint density at radius 2 is 1.90 bits per heavy atom. The van der Waals surface area contributed by atoms with Crippen LogP contribution in [0.2, 0.25) is 0 Å². The van der Waals surface area contributed by atoms with Crippen LogP contribution < -0.4 is 10.5 Å².